The Bertz CT molecular complexity index is 992. The molecule has 0 unspecified atom stereocenters. The number of pyridine rings is 2. The number of aromatic amines is 1. The summed E-state index contributed by atoms with van der Waals surface area (Å²) in [5.41, 5.74) is 4.63. The van der Waals surface area contributed by atoms with Crippen LogP contribution in [0.25, 0.3) is 11.1 Å². The van der Waals surface area contributed by atoms with Crippen molar-refractivity contribution in [2.45, 2.75) is 20.8 Å². The topological polar surface area (TPSA) is 74.8 Å². The zero-order chi connectivity index (χ0) is 18.0. The predicted molar refractivity (Wildman–Crippen MR) is 98.9 cm³/mol. The molecule has 0 spiro atoms. The molecule has 2 N–H and O–H groups in total. The van der Waals surface area contributed by atoms with Crippen molar-refractivity contribution in [3.05, 3.63) is 81.4 Å². The van der Waals surface area contributed by atoms with Crippen LogP contribution >= 0.6 is 0 Å². The average Bonchev–Trinajstić information content (AvgIpc) is 2.58. The molecule has 25 heavy (non-hydrogen) atoms. The third-order valence-corrected chi connectivity index (χ3v) is 4.08. The normalized spacial score (nSPS) is 10.5. The van der Waals surface area contributed by atoms with E-state index in [1.807, 2.05) is 50.2 Å². The number of aryl methyl sites for hydroxylation is 2. The molecule has 0 aliphatic carbocycles. The fraction of sp³-hybridized carbons (Fsp3) is 0.150. The van der Waals surface area contributed by atoms with Crippen molar-refractivity contribution in [1.82, 2.24) is 9.97 Å². The van der Waals surface area contributed by atoms with Crippen molar-refractivity contribution >= 4 is 11.7 Å². The van der Waals surface area contributed by atoms with E-state index in [1.54, 1.807) is 13.0 Å². The molecular weight excluding hydrogens is 314 g/mol. The summed E-state index contributed by atoms with van der Waals surface area (Å²) in [5.74, 6) is 0.105. The number of nitrogens with zero attached hydrogens (tertiary/aromatic N) is 1. The third kappa shape index (κ3) is 3.66. The summed E-state index contributed by atoms with van der Waals surface area (Å²) in [6, 6.07) is 14.7. The van der Waals surface area contributed by atoms with Crippen LogP contribution in [0.3, 0.4) is 0 Å². The molecule has 3 rings (SSSR count). The van der Waals surface area contributed by atoms with Gasteiger partial charge in [-0.05, 0) is 49.6 Å². The number of benzene rings is 1. The lowest BCUT2D eigenvalue weighted by Crippen LogP contribution is -2.17. The Balaban J connectivity index is 1.97. The summed E-state index contributed by atoms with van der Waals surface area (Å²) in [5, 5.41) is 2.79. The lowest BCUT2D eigenvalue weighted by atomic mass is 10.0. The molecule has 5 nitrogen and oxygen atoms in total. The molecule has 3 aromatic rings. The highest BCUT2D eigenvalue weighted by atomic mass is 16.2. The van der Waals surface area contributed by atoms with Crippen LogP contribution in [0.2, 0.25) is 0 Å². The molecule has 0 aliphatic heterocycles. The van der Waals surface area contributed by atoms with E-state index in [1.165, 1.54) is 6.07 Å². The minimum Gasteiger partial charge on any atom is -0.326 e. The van der Waals surface area contributed by atoms with Crippen molar-refractivity contribution in [3.63, 3.8) is 0 Å². The number of H-pyrrole nitrogens is 1. The molecule has 2 aromatic heterocycles. The van der Waals surface area contributed by atoms with Crippen molar-refractivity contribution in [3.8, 4) is 11.1 Å². The van der Waals surface area contributed by atoms with Crippen LogP contribution in [0.1, 0.15) is 27.3 Å². The van der Waals surface area contributed by atoms with Gasteiger partial charge >= 0.3 is 0 Å². The molecule has 0 saturated carbocycles. The maximum atomic E-state index is 12.5. The van der Waals surface area contributed by atoms with Gasteiger partial charge in [0.05, 0.1) is 0 Å². The molecule has 0 radical (unpaired) electrons. The van der Waals surface area contributed by atoms with Gasteiger partial charge in [0.1, 0.15) is 5.82 Å². The largest absolute Gasteiger partial charge is 0.326 e. The second kappa shape index (κ2) is 6.73. The molecular formula is C20H19N3O2. The van der Waals surface area contributed by atoms with Crippen LogP contribution in [0, 0.1) is 20.8 Å². The Kier molecular flexibility index (Phi) is 4.48. The highest BCUT2D eigenvalue weighted by molar-refractivity contribution is 6.04. The first kappa shape index (κ1) is 16.6. The van der Waals surface area contributed by atoms with E-state index in [9.17, 15) is 9.59 Å². The maximum absolute atomic E-state index is 12.5. The Morgan fingerprint density at radius 1 is 1.04 bits per heavy atom. The Morgan fingerprint density at radius 2 is 1.76 bits per heavy atom. The first-order valence-electron chi connectivity index (χ1n) is 8.00. The molecule has 0 aliphatic rings. The summed E-state index contributed by atoms with van der Waals surface area (Å²) >= 11 is 0. The van der Waals surface area contributed by atoms with Gasteiger partial charge in [-0.15, -0.1) is 0 Å². The van der Waals surface area contributed by atoms with Gasteiger partial charge in [0.25, 0.3) is 5.91 Å². The first-order chi connectivity index (χ1) is 11.9. The van der Waals surface area contributed by atoms with E-state index < -0.39 is 0 Å². The van der Waals surface area contributed by atoms with Crippen LogP contribution in [0.5, 0.6) is 0 Å². The number of carbonyl (C=O) groups is 1. The number of rotatable bonds is 3. The minimum absolute atomic E-state index is 0.303. The van der Waals surface area contributed by atoms with E-state index in [-0.39, 0.29) is 11.5 Å². The van der Waals surface area contributed by atoms with E-state index in [2.05, 4.69) is 15.3 Å². The summed E-state index contributed by atoms with van der Waals surface area (Å²) in [6.07, 6.45) is 0. The van der Waals surface area contributed by atoms with Gasteiger partial charge in [0.2, 0.25) is 5.56 Å². The zero-order valence-corrected chi connectivity index (χ0v) is 14.4. The Morgan fingerprint density at radius 3 is 2.44 bits per heavy atom. The highest BCUT2D eigenvalue weighted by Crippen LogP contribution is 2.27. The van der Waals surface area contributed by atoms with Crippen molar-refractivity contribution in [1.29, 1.82) is 0 Å². The van der Waals surface area contributed by atoms with Gasteiger partial charge in [0, 0.05) is 23.0 Å². The Labute approximate surface area is 145 Å². The standard InChI is InChI=1S/C20H19N3O2/c1-12-9-16(10-19(24)21-12)20(25)23-18-11-17(13(2)14(3)22-18)15-7-5-4-6-8-15/h4-11H,1-3H3,(H,21,24)(H,22,23,25). The first-order valence-corrected chi connectivity index (χ1v) is 8.00. The summed E-state index contributed by atoms with van der Waals surface area (Å²) in [7, 11) is 0. The molecule has 5 heteroatoms. The van der Waals surface area contributed by atoms with Gasteiger partial charge < -0.3 is 10.3 Å². The minimum atomic E-state index is -0.357. The van der Waals surface area contributed by atoms with Gasteiger partial charge in [-0.1, -0.05) is 30.3 Å². The number of carbonyl (C=O) groups excluding carboxylic acids is 1. The van der Waals surface area contributed by atoms with E-state index >= 15 is 0 Å². The van der Waals surface area contributed by atoms with E-state index in [0.717, 1.165) is 22.4 Å². The summed E-state index contributed by atoms with van der Waals surface area (Å²) < 4.78 is 0. The van der Waals surface area contributed by atoms with Crippen molar-refractivity contribution < 1.29 is 4.79 Å². The van der Waals surface area contributed by atoms with Crippen LogP contribution in [-0.2, 0) is 0 Å². The lowest BCUT2D eigenvalue weighted by molar-refractivity contribution is 0.102. The second-order valence-corrected chi connectivity index (χ2v) is 6.00. The summed E-state index contributed by atoms with van der Waals surface area (Å²) in [6.45, 7) is 5.66. The van der Waals surface area contributed by atoms with Gasteiger partial charge in [-0.3, -0.25) is 9.59 Å². The SMILES string of the molecule is Cc1cc(C(=O)Nc2cc(-c3ccccc3)c(C)c(C)n2)cc(=O)[nH]1. The molecule has 1 amide bonds. The van der Waals surface area contributed by atoms with Gasteiger partial charge in [-0.25, -0.2) is 4.98 Å². The smallest absolute Gasteiger partial charge is 0.257 e. The molecule has 0 bridgehead atoms. The number of anilines is 1. The highest BCUT2D eigenvalue weighted by Gasteiger charge is 2.12. The number of nitrogens with one attached hydrogen (secondary N) is 2. The van der Waals surface area contributed by atoms with Gasteiger partial charge in [0.15, 0.2) is 0 Å². The third-order valence-electron chi connectivity index (χ3n) is 4.08. The van der Waals surface area contributed by atoms with Crippen LogP contribution < -0.4 is 10.9 Å². The fourth-order valence-corrected chi connectivity index (χ4v) is 2.72. The molecule has 0 fully saturated rings. The average molecular weight is 333 g/mol. The monoisotopic (exact) mass is 333 g/mol. The maximum Gasteiger partial charge on any atom is 0.257 e. The number of hydrogen-bond acceptors (Lipinski definition) is 3. The molecule has 2 heterocycles. The number of hydrogen-bond donors (Lipinski definition) is 2. The number of aromatic nitrogens is 2. The lowest BCUT2D eigenvalue weighted by Gasteiger charge is -2.12. The van der Waals surface area contributed by atoms with Crippen LogP contribution in [0.4, 0.5) is 5.82 Å². The molecule has 0 saturated heterocycles. The van der Waals surface area contributed by atoms with Crippen LogP contribution in [0.15, 0.2) is 53.3 Å². The summed E-state index contributed by atoms with van der Waals surface area (Å²) in [4.78, 5) is 31.1. The quantitative estimate of drug-likeness (QED) is 0.769. The van der Waals surface area contributed by atoms with Gasteiger partial charge in [-0.2, -0.15) is 0 Å². The molecule has 1 aromatic carbocycles. The van der Waals surface area contributed by atoms with E-state index in [4.69, 9.17) is 0 Å². The molecule has 0 atom stereocenters. The fourth-order valence-electron chi connectivity index (χ4n) is 2.72. The Hall–Kier alpha value is -3.21. The predicted octanol–water partition coefficient (Wildman–Crippen LogP) is 3.61. The molecule has 126 valence electrons. The van der Waals surface area contributed by atoms with Crippen molar-refractivity contribution in [2.24, 2.45) is 0 Å². The van der Waals surface area contributed by atoms with Crippen molar-refractivity contribution in [2.75, 3.05) is 5.32 Å². The number of amides is 1. The van der Waals surface area contributed by atoms with E-state index in [0.29, 0.717) is 17.1 Å². The second-order valence-electron chi connectivity index (χ2n) is 6.00. The van der Waals surface area contributed by atoms with Crippen LogP contribution in [-0.4, -0.2) is 15.9 Å². The zero-order valence-electron chi connectivity index (χ0n) is 14.4.